The molecule has 1 heterocycles. The number of rotatable bonds is 4. The third-order valence-electron chi connectivity index (χ3n) is 4.86. The maximum Gasteiger partial charge on any atom is 0.573 e. The van der Waals surface area contributed by atoms with Gasteiger partial charge >= 0.3 is 6.36 Å². The number of anilines is 1. The Kier molecular flexibility index (Phi) is 4.49. The minimum atomic E-state index is -4.85. The van der Waals surface area contributed by atoms with Gasteiger partial charge in [-0.3, -0.25) is 0 Å². The molecule has 6 nitrogen and oxygen atoms in total. The zero-order chi connectivity index (χ0) is 20.8. The Bertz CT molecular complexity index is 1060. The Morgan fingerprint density at radius 3 is 2.41 bits per heavy atom. The summed E-state index contributed by atoms with van der Waals surface area (Å²) >= 11 is 0. The maximum atomic E-state index is 12.4. The zero-order valence-electron chi connectivity index (χ0n) is 15.4. The van der Waals surface area contributed by atoms with Crippen LogP contribution in [-0.2, 0) is 0 Å². The topological polar surface area (TPSA) is 87.5 Å². The summed E-state index contributed by atoms with van der Waals surface area (Å²) in [6.45, 7) is 1.77. The van der Waals surface area contributed by atoms with Crippen LogP contribution in [0.5, 0.6) is 11.5 Å². The van der Waals surface area contributed by atoms with Crippen LogP contribution in [0.2, 0.25) is 0 Å². The Hall–Kier alpha value is -3.07. The van der Waals surface area contributed by atoms with E-state index in [1.54, 1.807) is 19.1 Å². The highest BCUT2D eigenvalue weighted by Gasteiger charge is 2.38. The third kappa shape index (κ3) is 4.04. The molecule has 1 saturated carbocycles. The fourth-order valence-corrected chi connectivity index (χ4v) is 3.62. The highest BCUT2D eigenvalue weighted by atomic mass is 19.4. The van der Waals surface area contributed by atoms with Gasteiger partial charge in [0, 0.05) is 28.4 Å². The molecular weight excluding hydrogens is 387 g/mol. The lowest BCUT2D eigenvalue weighted by molar-refractivity contribution is -0.274. The second-order valence-corrected chi connectivity index (χ2v) is 7.42. The third-order valence-corrected chi connectivity index (χ3v) is 4.86. The van der Waals surface area contributed by atoms with Gasteiger partial charge in [-0.25, -0.2) is 0 Å². The number of nitrogens with one attached hydrogen (secondary N) is 1. The van der Waals surface area contributed by atoms with Crippen LogP contribution in [0.3, 0.4) is 0 Å². The van der Waals surface area contributed by atoms with Gasteiger partial charge in [-0.15, -0.1) is 23.4 Å². The minimum Gasteiger partial charge on any atom is -0.507 e. The molecule has 0 spiro atoms. The Morgan fingerprint density at radius 1 is 1.10 bits per heavy atom. The first-order chi connectivity index (χ1) is 13.6. The van der Waals surface area contributed by atoms with Gasteiger partial charge in [0.05, 0.1) is 5.60 Å². The van der Waals surface area contributed by atoms with Crippen LogP contribution in [0.4, 0.5) is 19.0 Å². The number of halogens is 3. The van der Waals surface area contributed by atoms with E-state index >= 15 is 0 Å². The van der Waals surface area contributed by atoms with Gasteiger partial charge in [0.25, 0.3) is 0 Å². The molecule has 3 N–H and O–H groups in total. The van der Waals surface area contributed by atoms with Gasteiger partial charge in [-0.05, 0) is 31.9 Å². The van der Waals surface area contributed by atoms with E-state index in [-0.39, 0.29) is 11.6 Å². The molecule has 1 aliphatic rings. The molecule has 29 heavy (non-hydrogen) atoms. The SMILES string of the molecule is CC1(O)CC(Nc2nnc(-c3ccc(OC(F)(F)F)cc3O)c3ccccc23)C1. The smallest absolute Gasteiger partial charge is 0.507 e. The van der Waals surface area contributed by atoms with Gasteiger partial charge in [0.1, 0.15) is 17.2 Å². The molecule has 0 atom stereocenters. The van der Waals surface area contributed by atoms with Crippen molar-refractivity contribution in [1.29, 1.82) is 0 Å². The lowest BCUT2D eigenvalue weighted by Crippen LogP contribution is -2.48. The molecule has 9 heteroatoms. The van der Waals surface area contributed by atoms with Crippen LogP contribution in [0.1, 0.15) is 19.8 Å². The van der Waals surface area contributed by atoms with Crippen molar-refractivity contribution >= 4 is 16.6 Å². The number of hydrogen-bond acceptors (Lipinski definition) is 6. The van der Waals surface area contributed by atoms with Crippen LogP contribution < -0.4 is 10.1 Å². The van der Waals surface area contributed by atoms with Crippen molar-refractivity contribution in [2.24, 2.45) is 0 Å². The Labute approximate surface area is 164 Å². The molecule has 0 bridgehead atoms. The number of aromatic nitrogens is 2. The molecule has 3 aromatic rings. The second-order valence-electron chi connectivity index (χ2n) is 7.42. The number of ether oxygens (including phenoxy) is 1. The van der Waals surface area contributed by atoms with E-state index < -0.39 is 23.5 Å². The van der Waals surface area contributed by atoms with Gasteiger partial charge in [0.2, 0.25) is 0 Å². The first-order valence-electron chi connectivity index (χ1n) is 8.95. The summed E-state index contributed by atoms with van der Waals surface area (Å²) in [6.07, 6.45) is -3.67. The van der Waals surface area contributed by atoms with Gasteiger partial charge in [-0.1, -0.05) is 24.3 Å². The monoisotopic (exact) mass is 405 g/mol. The number of alkyl halides is 3. The van der Waals surface area contributed by atoms with Crippen LogP contribution >= 0.6 is 0 Å². The minimum absolute atomic E-state index is 0.0701. The first-order valence-corrected chi connectivity index (χ1v) is 8.95. The van der Waals surface area contributed by atoms with E-state index in [2.05, 4.69) is 20.3 Å². The van der Waals surface area contributed by atoms with Crippen molar-refractivity contribution in [3.05, 3.63) is 42.5 Å². The number of aliphatic hydroxyl groups is 1. The number of fused-ring (bicyclic) bond motifs is 1. The summed E-state index contributed by atoms with van der Waals surface area (Å²) in [5.41, 5.74) is -0.114. The summed E-state index contributed by atoms with van der Waals surface area (Å²) < 4.78 is 41.0. The van der Waals surface area contributed by atoms with Gasteiger partial charge in [-0.2, -0.15) is 0 Å². The number of aromatic hydroxyl groups is 1. The fraction of sp³-hybridized carbons (Fsp3) is 0.300. The molecule has 1 aromatic heterocycles. The van der Waals surface area contributed by atoms with Crippen molar-refractivity contribution in [2.45, 2.75) is 37.8 Å². The van der Waals surface area contributed by atoms with Crippen LogP contribution in [0.15, 0.2) is 42.5 Å². The van der Waals surface area contributed by atoms with E-state index in [4.69, 9.17) is 0 Å². The number of nitrogens with zero attached hydrogens (tertiary/aromatic N) is 2. The first kappa shape index (κ1) is 19.3. The summed E-state index contributed by atoms with van der Waals surface area (Å²) in [5, 5.41) is 33.3. The van der Waals surface area contributed by atoms with E-state index in [1.165, 1.54) is 6.07 Å². The Balaban J connectivity index is 1.69. The molecule has 4 rings (SSSR count). The highest BCUT2D eigenvalue weighted by Crippen LogP contribution is 2.39. The predicted octanol–water partition coefficient (Wildman–Crippen LogP) is 4.23. The van der Waals surface area contributed by atoms with Crippen molar-refractivity contribution in [1.82, 2.24) is 10.2 Å². The van der Waals surface area contributed by atoms with Crippen LogP contribution in [0.25, 0.3) is 22.0 Å². The maximum absolute atomic E-state index is 12.4. The van der Waals surface area contributed by atoms with Crippen molar-refractivity contribution in [3.8, 4) is 22.8 Å². The van der Waals surface area contributed by atoms with Crippen molar-refractivity contribution < 1.29 is 28.1 Å². The standard InChI is InChI=1S/C20H18F3N3O3/c1-19(28)9-11(10-19)24-18-14-5-3-2-4-13(14)17(25-26-18)15-7-6-12(8-16(15)27)29-20(21,22)23/h2-8,11,27-28H,9-10H2,1H3,(H,24,26). The number of hydrogen-bond donors (Lipinski definition) is 3. The predicted molar refractivity (Wildman–Crippen MR) is 101 cm³/mol. The normalized spacial score (nSPS) is 21.6. The molecule has 152 valence electrons. The zero-order valence-corrected chi connectivity index (χ0v) is 15.4. The summed E-state index contributed by atoms with van der Waals surface area (Å²) in [4.78, 5) is 0. The molecule has 2 aromatic carbocycles. The fourth-order valence-electron chi connectivity index (χ4n) is 3.62. The molecule has 1 fully saturated rings. The van der Waals surface area contributed by atoms with Crippen molar-refractivity contribution in [2.75, 3.05) is 5.32 Å². The largest absolute Gasteiger partial charge is 0.573 e. The lowest BCUT2D eigenvalue weighted by Gasteiger charge is -2.41. The number of phenols is 1. The molecular formula is C20H18F3N3O3. The molecule has 0 unspecified atom stereocenters. The highest BCUT2D eigenvalue weighted by molar-refractivity contribution is 6.01. The summed E-state index contributed by atoms with van der Waals surface area (Å²) in [7, 11) is 0. The van der Waals surface area contributed by atoms with E-state index in [1.807, 2.05) is 12.1 Å². The molecule has 0 aliphatic heterocycles. The van der Waals surface area contributed by atoms with Crippen LogP contribution in [0, 0.1) is 0 Å². The summed E-state index contributed by atoms with van der Waals surface area (Å²) in [6, 6.07) is 10.6. The Morgan fingerprint density at radius 2 is 1.79 bits per heavy atom. The average Bonchev–Trinajstić information content (AvgIpc) is 2.60. The van der Waals surface area contributed by atoms with Gasteiger partial charge in [0.15, 0.2) is 5.82 Å². The average molecular weight is 405 g/mol. The number of phenolic OH excluding ortho intramolecular Hbond substituents is 1. The summed E-state index contributed by atoms with van der Waals surface area (Å²) in [5.74, 6) is -0.380. The van der Waals surface area contributed by atoms with Crippen LogP contribution in [-0.4, -0.2) is 38.4 Å². The van der Waals surface area contributed by atoms with E-state index in [0.29, 0.717) is 29.7 Å². The second kappa shape index (κ2) is 6.77. The lowest BCUT2D eigenvalue weighted by atomic mass is 9.77. The van der Waals surface area contributed by atoms with Gasteiger partial charge < -0.3 is 20.3 Å². The van der Waals surface area contributed by atoms with E-state index in [0.717, 1.165) is 17.5 Å². The number of benzene rings is 2. The quantitative estimate of drug-likeness (QED) is 0.602. The molecule has 1 aliphatic carbocycles. The van der Waals surface area contributed by atoms with E-state index in [9.17, 15) is 23.4 Å². The molecule has 0 radical (unpaired) electrons. The molecule has 0 amide bonds. The van der Waals surface area contributed by atoms with Crippen molar-refractivity contribution in [3.63, 3.8) is 0 Å². The molecule has 0 saturated heterocycles.